The highest BCUT2D eigenvalue weighted by Gasteiger charge is 2.22. The monoisotopic (exact) mass is 363 g/mol. The van der Waals surface area contributed by atoms with Crippen molar-refractivity contribution in [3.63, 3.8) is 0 Å². The predicted molar refractivity (Wildman–Crippen MR) is 109 cm³/mol. The highest BCUT2D eigenvalue weighted by molar-refractivity contribution is 6.01. The van der Waals surface area contributed by atoms with E-state index in [1.807, 2.05) is 36.4 Å². The quantitative estimate of drug-likeness (QED) is 0.769. The van der Waals surface area contributed by atoms with Gasteiger partial charge >= 0.3 is 6.03 Å². The van der Waals surface area contributed by atoms with Gasteiger partial charge < -0.3 is 15.5 Å². The number of aryl methyl sites for hydroxylation is 2. The Morgan fingerprint density at radius 2 is 1.70 bits per heavy atom. The second kappa shape index (κ2) is 8.08. The maximum Gasteiger partial charge on any atom is 0.323 e. The average Bonchev–Trinajstić information content (AvgIpc) is 3.10. The lowest BCUT2D eigenvalue weighted by Gasteiger charge is -2.15. The van der Waals surface area contributed by atoms with Crippen LogP contribution in [0.3, 0.4) is 0 Å². The van der Waals surface area contributed by atoms with E-state index < -0.39 is 0 Å². The molecule has 5 heteroatoms. The van der Waals surface area contributed by atoms with Gasteiger partial charge in [0.2, 0.25) is 5.91 Å². The fourth-order valence-corrected chi connectivity index (χ4v) is 3.44. The van der Waals surface area contributed by atoms with Crippen LogP contribution in [-0.4, -0.2) is 16.8 Å². The minimum absolute atomic E-state index is 0.0817. The van der Waals surface area contributed by atoms with E-state index in [2.05, 4.69) is 31.1 Å². The second-order valence-corrected chi connectivity index (χ2v) is 6.62. The van der Waals surface area contributed by atoms with Crippen molar-refractivity contribution >= 4 is 23.3 Å². The number of amides is 3. The summed E-state index contributed by atoms with van der Waals surface area (Å²) in [5, 5.41) is 5.91. The van der Waals surface area contributed by atoms with Crippen molar-refractivity contribution < 1.29 is 9.59 Å². The summed E-state index contributed by atoms with van der Waals surface area (Å²) in [5.41, 5.74) is 6.00. The number of carbonyl (C=O) groups is 2. The number of fused-ring (bicyclic) bond motifs is 1. The lowest BCUT2D eigenvalue weighted by atomic mass is 10.0. The maximum absolute atomic E-state index is 12.5. The third-order valence-electron chi connectivity index (χ3n) is 4.91. The molecule has 27 heavy (non-hydrogen) atoms. The van der Waals surface area contributed by atoms with Gasteiger partial charge in [-0.25, -0.2) is 4.79 Å². The van der Waals surface area contributed by atoms with E-state index in [-0.39, 0.29) is 11.9 Å². The van der Waals surface area contributed by atoms with E-state index in [1.165, 1.54) is 6.08 Å². The van der Waals surface area contributed by atoms with Gasteiger partial charge in [-0.05, 0) is 53.3 Å². The van der Waals surface area contributed by atoms with Crippen LogP contribution >= 0.6 is 0 Å². The van der Waals surface area contributed by atoms with E-state index in [0.29, 0.717) is 18.8 Å². The van der Waals surface area contributed by atoms with Crippen LogP contribution in [-0.2, 0) is 30.7 Å². The molecule has 3 rings (SSSR count). The van der Waals surface area contributed by atoms with Gasteiger partial charge in [0, 0.05) is 24.5 Å². The molecule has 0 spiro atoms. The lowest BCUT2D eigenvalue weighted by molar-refractivity contribution is -0.126. The van der Waals surface area contributed by atoms with Crippen molar-refractivity contribution in [3.05, 3.63) is 71.3 Å². The Kier molecular flexibility index (Phi) is 5.60. The molecule has 1 heterocycles. The molecule has 2 aromatic rings. The van der Waals surface area contributed by atoms with Crippen LogP contribution < -0.4 is 10.6 Å². The molecule has 0 aromatic heterocycles. The van der Waals surface area contributed by atoms with Crippen LogP contribution in [0, 0.1) is 0 Å². The molecule has 5 nitrogen and oxygen atoms in total. The van der Waals surface area contributed by atoms with Crippen molar-refractivity contribution in [2.75, 3.05) is 10.6 Å². The Morgan fingerprint density at radius 3 is 2.33 bits per heavy atom. The molecule has 0 bridgehead atoms. The molecule has 0 atom stereocenters. The number of anilines is 2. The molecule has 140 valence electrons. The predicted octanol–water partition coefficient (Wildman–Crippen LogP) is 4.48. The van der Waals surface area contributed by atoms with E-state index in [9.17, 15) is 9.59 Å². The van der Waals surface area contributed by atoms with Crippen molar-refractivity contribution in [3.8, 4) is 0 Å². The maximum atomic E-state index is 12.5. The molecule has 2 N–H and O–H groups in total. The Bertz CT molecular complexity index is 867. The van der Waals surface area contributed by atoms with Crippen molar-refractivity contribution in [2.45, 2.75) is 39.8 Å². The summed E-state index contributed by atoms with van der Waals surface area (Å²) >= 11 is 0. The molecule has 0 unspecified atom stereocenters. The Morgan fingerprint density at radius 1 is 1.04 bits per heavy atom. The molecule has 1 aliphatic heterocycles. The molecule has 2 aromatic carbocycles. The number of para-hydroxylation sites is 1. The summed E-state index contributed by atoms with van der Waals surface area (Å²) < 4.78 is 0. The molecule has 3 amide bonds. The standard InChI is InChI=1S/C22H25N3O2/c1-4-15-8-7-9-16(5-2)21(15)24-22(27)23-19-11-10-17-13-25(20(26)6-3)14-18(17)12-19/h6-12H,3-5,13-14H2,1-2H3,(H2,23,24,27). The van der Waals surface area contributed by atoms with Gasteiger partial charge in [-0.2, -0.15) is 0 Å². The summed E-state index contributed by atoms with van der Waals surface area (Å²) in [6.45, 7) is 8.81. The zero-order valence-corrected chi connectivity index (χ0v) is 15.8. The molecule has 0 radical (unpaired) electrons. The van der Waals surface area contributed by atoms with Crippen molar-refractivity contribution in [1.82, 2.24) is 4.90 Å². The summed E-state index contributed by atoms with van der Waals surface area (Å²) in [7, 11) is 0. The molecule has 0 saturated heterocycles. The van der Waals surface area contributed by atoms with Gasteiger partial charge in [0.05, 0.1) is 0 Å². The number of carbonyl (C=O) groups excluding carboxylic acids is 2. The average molecular weight is 363 g/mol. The first kappa shape index (κ1) is 18.7. The van der Waals surface area contributed by atoms with Gasteiger partial charge in [-0.15, -0.1) is 0 Å². The van der Waals surface area contributed by atoms with E-state index in [0.717, 1.165) is 40.8 Å². The third kappa shape index (κ3) is 4.03. The van der Waals surface area contributed by atoms with Crippen LogP contribution in [0.2, 0.25) is 0 Å². The number of rotatable bonds is 5. The smallest absolute Gasteiger partial charge is 0.323 e. The number of benzene rings is 2. The van der Waals surface area contributed by atoms with E-state index in [4.69, 9.17) is 0 Å². The zero-order chi connectivity index (χ0) is 19.4. The van der Waals surface area contributed by atoms with Crippen molar-refractivity contribution in [1.29, 1.82) is 0 Å². The Balaban J connectivity index is 1.72. The van der Waals surface area contributed by atoms with Crippen molar-refractivity contribution in [2.24, 2.45) is 0 Å². The van der Waals surface area contributed by atoms with Crippen LogP contribution in [0.15, 0.2) is 49.1 Å². The van der Waals surface area contributed by atoms with Crippen LogP contribution in [0.25, 0.3) is 0 Å². The molecule has 0 aliphatic carbocycles. The summed E-state index contributed by atoms with van der Waals surface area (Å²) in [5.74, 6) is -0.0817. The van der Waals surface area contributed by atoms with E-state index in [1.54, 1.807) is 4.90 Å². The first-order valence-corrected chi connectivity index (χ1v) is 9.27. The van der Waals surface area contributed by atoms with Gasteiger partial charge in [0.15, 0.2) is 0 Å². The van der Waals surface area contributed by atoms with Crippen LogP contribution in [0.4, 0.5) is 16.2 Å². The van der Waals surface area contributed by atoms with Gasteiger partial charge in [0.25, 0.3) is 0 Å². The SMILES string of the molecule is C=CC(=O)N1Cc2ccc(NC(=O)Nc3c(CC)cccc3CC)cc2C1. The fourth-order valence-electron chi connectivity index (χ4n) is 3.44. The zero-order valence-electron chi connectivity index (χ0n) is 15.8. The van der Waals surface area contributed by atoms with Crippen LogP contribution in [0.1, 0.15) is 36.1 Å². The number of hydrogen-bond donors (Lipinski definition) is 2. The number of nitrogens with one attached hydrogen (secondary N) is 2. The summed E-state index contributed by atoms with van der Waals surface area (Å²) in [6, 6.07) is 11.6. The first-order valence-electron chi connectivity index (χ1n) is 9.27. The van der Waals surface area contributed by atoms with E-state index >= 15 is 0 Å². The second-order valence-electron chi connectivity index (χ2n) is 6.62. The minimum atomic E-state index is -0.262. The number of hydrogen-bond acceptors (Lipinski definition) is 2. The lowest BCUT2D eigenvalue weighted by Crippen LogP contribution is -2.22. The highest BCUT2D eigenvalue weighted by atomic mass is 16.2. The van der Waals surface area contributed by atoms with Gasteiger partial charge in [-0.1, -0.05) is 44.7 Å². The molecule has 0 saturated carbocycles. The van der Waals surface area contributed by atoms with Gasteiger partial charge in [-0.3, -0.25) is 4.79 Å². The molecular weight excluding hydrogens is 338 g/mol. The first-order chi connectivity index (χ1) is 13.0. The van der Waals surface area contributed by atoms with Gasteiger partial charge in [0.1, 0.15) is 0 Å². The largest absolute Gasteiger partial charge is 0.331 e. The summed E-state index contributed by atoms with van der Waals surface area (Å²) in [6.07, 6.45) is 3.04. The van der Waals surface area contributed by atoms with Crippen LogP contribution in [0.5, 0.6) is 0 Å². The fraction of sp³-hybridized carbons (Fsp3) is 0.273. The topological polar surface area (TPSA) is 61.4 Å². The highest BCUT2D eigenvalue weighted by Crippen LogP contribution is 2.27. The third-order valence-corrected chi connectivity index (χ3v) is 4.91. The summed E-state index contributed by atoms with van der Waals surface area (Å²) in [4.78, 5) is 26.1. The molecule has 1 aliphatic rings. The normalized spacial score (nSPS) is 12.4. The molecular formula is C22H25N3O2. The Labute approximate surface area is 160 Å². The minimum Gasteiger partial charge on any atom is -0.331 e. The molecule has 0 fully saturated rings. The number of urea groups is 1. The Hall–Kier alpha value is -3.08. The number of nitrogens with zero attached hydrogens (tertiary/aromatic N) is 1.